The summed E-state index contributed by atoms with van der Waals surface area (Å²) in [6.07, 6.45) is 5.99. The van der Waals surface area contributed by atoms with E-state index in [1.165, 1.54) is 47.8 Å². The molecule has 5 rings (SSSR count). The Labute approximate surface area is 178 Å². The lowest BCUT2D eigenvalue weighted by atomic mass is 9.83. The Morgan fingerprint density at radius 3 is 2.60 bits per heavy atom. The highest BCUT2D eigenvalue weighted by molar-refractivity contribution is 5.85. The largest absolute Gasteiger partial charge is 0.493 e. The molecule has 1 heterocycles. The number of hydrogen-bond acceptors (Lipinski definition) is 4. The van der Waals surface area contributed by atoms with Crippen molar-refractivity contribution in [3.05, 3.63) is 52.1 Å². The fraction of sp³-hybridized carbons (Fsp3) is 0.500. The van der Waals surface area contributed by atoms with Crippen LogP contribution in [0.25, 0.3) is 11.1 Å². The molecule has 2 fully saturated rings. The number of carbonyl (C=O) groups is 1. The lowest BCUT2D eigenvalue weighted by Crippen LogP contribution is -2.21. The van der Waals surface area contributed by atoms with Gasteiger partial charge < -0.3 is 14.2 Å². The van der Waals surface area contributed by atoms with Gasteiger partial charge in [-0.05, 0) is 97.7 Å². The van der Waals surface area contributed by atoms with Crippen LogP contribution in [0.1, 0.15) is 71.9 Å². The van der Waals surface area contributed by atoms with Crippen LogP contribution in [0.4, 0.5) is 0 Å². The number of hydrogen-bond donors (Lipinski definition) is 0. The molecule has 0 aromatic heterocycles. The first-order chi connectivity index (χ1) is 14.6. The van der Waals surface area contributed by atoms with E-state index in [4.69, 9.17) is 14.2 Å². The molecule has 3 aliphatic rings. The second kappa shape index (κ2) is 7.73. The SMILES string of the molecule is COC(=O)[C@@H](OC1CC1)c1c(C)ccc(C2CC2)c1-c1ccc2c(c1C)CCCO2. The van der Waals surface area contributed by atoms with Crippen LogP contribution in [0, 0.1) is 13.8 Å². The minimum atomic E-state index is -0.678. The Hall–Kier alpha value is -2.33. The zero-order valence-corrected chi connectivity index (χ0v) is 18.1. The second-order valence-electron chi connectivity index (χ2n) is 8.94. The third kappa shape index (κ3) is 3.51. The number of esters is 1. The van der Waals surface area contributed by atoms with Crippen LogP contribution in [-0.4, -0.2) is 25.8 Å². The zero-order chi connectivity index (χ0) is 20.8. The van der Waals surface area contributed by atoms with Gasteiger partial charge in [0.15, 0.2) is 6.10 Å². The topological polar surface area (TPSA) is 44.8 Å². The average molecular weight is 407 g/mol. The van der Waals surface area contributed by atoms with Crippen molar-refractivity contribution in [1.82, 2.24) is 0 Å². The normalized spacial score (nSPS) is 19.0. The molecule has 158 valence electrons. The summed E-state index contributed by atoms with van der Waals surface area (Å²) in [5.41, 5.74) is 8.34. The number of aryl methyl sites for hydroxylation is 1. The molecule has 0 bridgehead atoms. The smallest absolute Gasteiger partial charge is 0.339 e. The van der Waals surface area contributed by atoms with Gasteiger partial charge in [-0.2, -0.15) is 0 Å². The number of benzene rings is 2. The van der Waals surface area contributed by atoms with Crippen LogP contribution < -0.4 is 4.74 Å². The summed E-state index contributed by atoms with van der Waals surface area (Å²) < 4.78 is 17.4. The minimum absolute atomic E-state index is 0.156. The Balaban J connectivity index is 1.72. The highest BCUT2D eigenvalue weighted by Crippen LogP contribution is 2.50. The fourth-order valence-corrected chi connectivity index (χ4v) is 4.74. The number of ether oxygens (including phenoxy) is 3. The lowest BCUT2D eigenvalue weighted by molar-refractivity contribution is -0.155. The van der Waals surface area contributed by atoms with Gasteiger partial charge in [-0.15, -0.1) is 0 Å². The molecule has 1 atom stereocenters. The maximum Gasteiger partial charge on any atom is 0.339 e. The first-order valence-electron chi connectivity index (χ1n) is 11.2. The molecular formula is C26H30O4. The van der Waals surface area contributed by atoms with Crippen molar-refractivity contribution in [2.45, 2.75) is 70.5 Å². The second-order valence-corrected chi connectivity index (χ2v) is 8.94. The van der Waals surface area contributed by atoms with E-state index in [0.29, 0.717) is 5.92 Å². The number of methoxy groups -OCH3 is 1. The Kier molecular flexibility index (Phi) is 5.06. The van der Waals surface area contributed by atoms with Gasteiger partial charge in [0.05, 0.1) is 19.8 Å². The summed E-state index contributed by atoms with van der Waals surface area (Å²) in [4.78, 5) is 12.9. The van der Waals surface area contributed by atoms with Crippen molar-refractivity contribution < 1.29 is 19.0 Å². The van der Waals surface area contributed by atoms with Crippen LogP contribution in [0.15, 0.2) is 24.3 Å². The summed E-state index contributed by atoms with van der Waals surface area (Å²) >= 11 is 0. The Morgan fingerprint density at radius 1 is 1.10 bits per heavy atom. The molecule has 4 nitrogen and oxygen atoms in total. The van der Waals surface area contributed by atoms with E-state index >= 15 is 0 Å². The predicted molar refractivity (Wildman–Crippen MR) is 116 cm³/mol. The quantitative estimate of drug-likeness (QED) is 0.589. The summed E-state index contributed by atoms with van der Waals surface area (Å²) in [7, 11) is 1.45. The van der Waals surface area contributed by atoms with Crippen molar-refractivity contribution in [2.24, 2.45) is 0 Å². The lowest BCUT2D eigenvalue weighted by Gasteiger charge is -2.27. The number of carbonyl (C=O) groups excluding carboxylic acids is 1. The zero-order valence-electron chi connectivity index (χ0n) is 18.1. The van der Waals surface area contributed by atoms with Crippen molar-refractivity contribution in [1.29, 1.82) is 0 Å². The third-order valence-corrected chi connectivity index (χ3v) is 6.70. The van der Waals surface area contributed by atoms with E-state index in [-0.39, 0.29) is 12.1 Å². The first kappa shape index (κ1) is 19.6. The van der Waals surface area contributed by atoms with E-state index in [1.54, 1.807) is 0 Å². The molecule has 2 aliphatic carbocycles. The highest BCUT2D eigenvalue weighted by atomic mass is 16.6. The molecule has 2 aromatic rings. The van der Waals surface area contributed by atoms with Crippen molar-refractivity contribution in [3.63, 3.8) is 0 Å². The number of rotatable bonds is 6. The highest BCUT2D eigenvalue weighted by Gasteiger charge is 2.37. The molecule has 0 amide bonds. The summed E-state index contributed by atoms with van der Waals surface area (Å²) in [5.74, 6) is 1.26. The number of fused-ring (bicyclic) bond motifs is 1. The molecule has 30 heavy (non-hydrogen) atoms. The van der Waals surface area contributed by atoms with Gasteiger partial charge in [0.1, 0.15) is 5.75 Å². The van der Waals surface area contributed by atoms with Crippen LogP contribution in [0.3, 0.4) is 0 Å². The monoisotopic (exact) mass is 406 g/mol. The van der Waals surface area contributed by atoms with Gasteiger partial charge in [-0.1, -0.05) is 18.2 Å². The molecule has 0 N–H and O–H groups in total. The fourth-order valence-electron chi connectivity index (χ4n) is 4.74. The van der Waals surface area contributed by atoms with Crippen molar-refractivity contribution >= 4 is 5.97 Å². The summed E-state index contributed by atoms with van der Waals surface area (Å²) in [6, 6.07) is 8.69. The van der Waals surface area contributed by atoms with Crippen LogP contribution in [-0.2, 0) is 20.7 Å². The van der Waals surface area contributed by atoms with E-state index in [0.717, 1.165) is 49.2 Å². The molecular weight excluding hydrogens is 376 g/mol. The van der Waals surface area contributed by atoms with Gasteiger partial charge in [0.2, 0.25) is 0 Å². The third-order valence-electron chi connectivity index (χ3n) is 6.70. The van der Waals surface area contributed by atoms with Crippen LogP contribution >= 0.6 is 0 Å². The van der Waals surface area contributed by atoms with Crippen molar-refractivity contribution in [3.8, 4) is 16.9 Å². The molecule has 2 saturated carbocycles. The van der Waals surface area contributed by atoms with Gasteiger partial charge in [-0.3, -0.25) is 0 Å². The molecule has 0 radical (unpaired) electrons. The molecule has 2 aromatic carbocycles. The maximum atomic E-state index is 12.9. The van der Waals surface area contributed by atoms with Crippen LogP contribution in [0.2, 0.25) is 0 Å². The van der Waals surface area contributed by atoms with E-state index < -0.39 is 6.10 Å². The first-order valence-corrected chi connectivity index (χ1v) is 11.2. The van der Waals surface area contributed by atoms with E-state index in [2.05, 4.69) is 38.1 Å². The maximum absolute atomic E-state index is 12.9. The molecule has 1 aliphatic heterocycles. The van der Waals surface area contributed by atoms with Crippen LogP contribution in [0.5, 0.6) is 5.75 Å². The Bertz CT molecular complexity index is 985. The summed E-state index contributed by atoms with van der Waals surface area (Å²) in [5, 5.41) is 0. The standard InChI is InChI=1S/C26H30O4/c1-15-6-11-21(17-7-8-17)24(23(15)25(26(27)28-3)30-18-9-10-18)20-12-13-22-19(16(20)2)5-4-14-29-22/h6,11-13,17-18,25H,4-5,7-10,14H2,1-3H3/t25-/m0/s1. The minimum Gasteiger partial charge on any atom is -0.493 e. The molecule has 0 unspecified atom stereocenters. The van der Waals surface area contributed by atoms with Gasteiger partial charge in [0, 0.05) is 5.56 Å². The van der Waals surface area contributed by atoms with Gasteiger partial charge in [0.25, 0.3) is 0 Å². The molecule has 0 spiro atoms. The molecule has 4 heteroatoms. The summed E-state index contributed by atoms with van der Waals surface area (Å²) in [6.45, 7) is 5.06. The molecule has 0 saturated heterocycles. The van der Waals surface area contributed by atoms with Gasteiger partial charge in [-0.25, -0.2) is 4.79 Å². The van der Waals surface area contributed by atoms with E-state index in [1.807, 2.05) is 0 Å². The Morgan fingerprint density at radius 2 is 1.90 bits per heavy atom. The predicted octanol–water partition coefficient (Wildman–Crippen LogP) is 5.57. The average Bonchev–Trinajstić information content (AvgIpc) is 3.67. The van der Waals surface area contributed by atoms with Crippen molar-refractivity contribution in [2.75, 3.05) is 13.7 Å². The van der Waals surface area contributed by atoms with E-state index in [9.17, 15) is 4.79 Å². The van der Waals surface area contributed by atoms with Gasteiger partial charge >= 0.3 is 5.97 Å².